The molecule has 8 atom stereocenters. The van der Waals surface area contributed by atoms with Gasteiger partial charge in [-0.3, -0.25) is 0 Å². The van der Waals surface area contributed by atoms with E-state index in [0.29, 0.717) is 16.9 Å². The number of rotatable bonds is 0. The van der Waals surface area contributed by atoms with Crippen LogP contribution >= 0.6 is 0 Å². The summed E-state index contributed by atoms with van der Waals surface area (Å²) in [5.41, 5.74) is 1.32. The zero-order chi connectivity index (χ0) is 23.7. The second kappa shape index (κ2) is 16.4. The maximum atomic E-state index is 6.15. The van der Waals surface area contributed by atoms with Crippen LogP contribution in [0.15, 0.2) is 12.7 Å². The molecule has 33 heavy (non-hydrogen) atoms. The minimum absolute atomic E-state index is 0. The molecule has 0 spiro atoms. The van der Waals surface area contributed by atoms with Gasteiger partial charge in [0, 0.05) is 6.61 Å². The van der Waals surface area contributed by atoms with Crippen LogP contribution in [0.2, 0.25) is 0 Å². The molecule has 0 radical (unpaired) electrons. The highest BCUT2D eigenvalue weighted by Crippen LogP contribution is 2.68. The molecule has 0 amide bonds. The highest BCUT2D eigenvalue weighted by atomic mass is 16.5. The van der Waals surface area contributed by atoms with Crippen LogP contribution < -0.4 is 0 Å². The standard InChI is InChI=1S/C21H34O.C3H6.3C2H6.2CH4/c1-20-10-4-3-5-14(20)6-7-15-16(20)8-11-21(2)17-9-12-22-19(17)13-18(15)21;1-3-2;3*1-2;;/h14-19H,3-13H2,1-2H3;3H,1H2,2H3;3*1-2H3;2*1H4. The summed E-state index contributed by atoms with van der Waals surface area (Å²) >= 11 is 0. The Balaban J connectivity index is 0. The Bertz CT molecular complexity index is 493. The van der Waals surface area contributed by atoms with Gasteiger partial charge in [-0.25, -0.2) is 0 Å². The zero-order valence-electron chi connectivity index (χ0n) is 22.9. The van der Waals surface area contributed by atoms with Crippen molar-refractivity contribution in [2.24, 2.45) is 40.4 Å². The lowest BCUT2D eigenvalue weighted by atomic mass is 9.45. The van der Waals surface area contributed by atoms with E-state index in [4.69, 9.17) is 4.74 Å². The summed E-state index contributed by atoms with van der Waals surface area (Å²) in [5, 5.41) is 0. The lowest BCUT2D eigenvalue weighted by Crippen LogP contribution is -2.52. The van der Waals surface area contributed by atoms with Crippen molar-refractivity contribution in [3.8, 4) is 0 Å². The van der Waals surface area contributed by atoms with Crippen molar-refractivity contribution in [3.05, 3.63) is 12.7 Å². The van der Waals surface area contributed by atoms with Crippen LogP contribution in [-0.4, -0.2) is 12.7 Å². The first kappa shape index (κ1) is 34.9. The van der Waals surface area contributed by atoms with Crippen molar-refractivity contribution >= 4 is 0 Å². The Labute approximate surface area is 211 Å². The quantitative estimate of drug-likeness (QED) is 0.322. The topological polar surface area (TPSA) is 9.23 Å². The molecule has 5 fully saturated rings. The van der Waals surface area contributed by atoms with Crippen LogP contribution in [0.3, 0.4) is 0 Å². The summed E-state index contributed by atoms with van der Waals surface area (Å²) in [5.74, 6) is 5.02. The Kier molecular flexibility index (Phi) is 17.3. The first-order valence-electron chi connectivity index (χ1n) is 14.2. The maximum absolute atomic E-state index is 6.15. The van der Waals surface area contributed by atoms with E-state index in [1.165, 1.54) is 51.4 Å². The molecular weight excluding hydrogens is 400 g/mol. The van der Waals surface area contributed by atoms with Gasteiger partial charge in [0.2, 0.25) is 0 Å². The van der Waals surface area contributed by atoms with Gasteiger partial charge in [-0.15, -0.1) is 6.58 Å². The summed E-state index contributed by atoms with van der Waals surface area (Å²) in [6.07, 6.45) is 17.4. The molecule has 5 rings (SSSR count). The summed E-state index contributed by atoms with van der Waals surface area (Å²) in [6, 6.07) is 0. The Morgan fingerprint density at radius 1 is 0.727 bits per heavy atom. The van der Waals surface area contributed by atoms with Crippen LogP contribution in [0, 0.1) is 40.4 Å². The van der Waals surface area contributed by atoms with Gasteiger partial charge < -0.3 is 4.74 Å². The number of hydrogen-bond donors (Lipinski definition) is 0. The molecule has 1 saturated heterocycles. The summed E-state index contributed by atoms with van der Waals surface area (Å²) < 4.78 is 6.15. The van der Waals surface area contributed by atoms with E-state index in [1.807, 2.05) is 48.5 Å². The number of hydrogen-bond acceptors (Lipinski definition) is 1. The SMILES string of the molecule is C.C.C=CC.CC.CC.CC.CC12CCCCC1CCC1C2CCC2(C)C3CCOC3CC12. The molecule has 1 aliphatic heterocycles. The Hall–Kier alpha value is -0.300. The minimum atomic E-state index is 0. The largest absolute Gasteiger partial charge is 0.378 e. The maximum Gasteiger partial charge on any atom is 0.0612 e. The molecule has 1 heteroatoms. The molecule has 1 heterocycles. The van der Waals surface area contributed by atoms with Crippen molar-refractivity contribution < 1.29 is 4.74 Å². The Morgan fingerprint density at radius 2 is 1.33 bits per heavy atom. The molecule has 8 unspecified atom stereocenters. The van der Waals surface area contributed by atoms with Gasteiger partial charge in [0.25, 0.3) is 0 Å². The second-order valence-electron chi connectivity index (χ2n) is 10.4. The van der Waals surface area contributed by atoms with Crippen molar-refractivity contribution in [2.45, 2.75) is 147 Å². The van der Waals surface area contributed by atoms with Crippen LogP contribution in [0.1, 0.15) is 141 Å². The van der Waals surface area contributed by atoms with E-state index in [9.17, 15) is 0 Å². The normalized spacial score (nSPS) is 41.1. The summed E-state index contributed by atoms with van der Waals surface area (Å²) in [4.78, 5) is 0. The molecule has 4 saturated carbocycles. The fraction of sp³-hybridized carbons (Fsp3) is 0.938. The van der Waals surface area contributed by atoms with Crippen molar-refractivity contribution in [1.29, 1.82) is 0 Å². The molecule has 4 aliphatic carbocycles. The fourth-order valence-corrected chi connectivity index (χ4v) is 8.43. The predicted octanol–water partition coefficient (Wildman–Crippen LogP) is 11.0. The predicted molar refractivity (Wildman–Crippen MR) is 153 cm³/mol. The lowest BCUT2D eigenvalue weighted by Gasteiger charge is -2.60. The fourth-order valence-electron chi connectivity index (χ4n) is 8.43. The van der Waals surface area contributed by atoms with Crippen LogP contribution in [0.5, 0.6) is 0 Å². The first-order valence-corrected chi connectivity index (χ1v) is 14.2. The van der Waals surface area contributed by atoms with Crippen molar-refractivity contribution in [2.75, 3.05) is 6.61 Å². The minimum Gasteiger partial charge on any atom is -0.378 e. The van der Waals surface area contributed by atoms with E-state index >= 15 is 0 Å². The zero-order valence-corrected chi connectivity index (χ0v) is 22.9. The molecule has 200 valence electrons. The van der Waals surface area contributed by atoms with Gasteiger partial charge in [-0.05, 0) is 98.7 Å². The number of allylic oxidation sites excluding steroid dienone is 1. The van der Waals surface area contributed by atoms with Gasteiger partial charge in [0.05, 0.1) is 6.10 Å². The molecule has 5 aliphatic rings. The van der Waals surface area contributed by atoms with Gasteiger partial charge in [-0.2, -0.15) is 0 Å². The average molecular weight is 467 g/mol. The first-order chi connectivity index (χ1) is 15.0. The monoisotopic (exact) mass is 467 g/mol. The number of fused-ring (bicyclic) bond motifs is 7. The van der Waals surface area contributed by atoms with Crippen LogP contribution in [-0.2, 0) is 4.74 Å². The third-order valence-electron chi connectivity index (χ3n) is 9.56. The third-order valence-corrected chi connectivity index (χ3v) is 9.56. The Morgan fingerprint density at radius 3 is 1.94 bits per heavy atom. The second-order valence-corrected chi connectivity index (χ2v) is 10.4. The van der Waals surface area contributed by atoms with Gasteiger partial charge in [0.15, 0.2) is 0 Å². The molecule has 0 aromatic heterocycles. The van der Waals surface area contributed by atoms with Crippen LogP contribution in [0.25, 0.3) is 0 Å². The lowest BCUT2D eigenvalue weighted by molar-refractivity contribution is -0.110. The molecular formula is C32H66O. The van der Waals surface area contributed by atoms with E-state index in [0.717, 1.165) is 36.2 Å². The van der Waals surface area contributed by atoms with Gasteiger partial charge >= 0.3 is 0 Å². The molecule has 0 aromatic carbocycles. The molecule has 0 N–H and O–H groups in total. The molecule has 0 bridgehead atoms. The van der Waals surface area contributed by atoms with Gasteiger partial charge in [-0.1, -0.05) is 89.2 Å². The van der Waals surface area contributed by atoms with Crippen LogP contribution in [0.4, 0.5) is 0 Å². The highest BCUT2D eigenvalue weighted by Gasteiger charge is 2.62. The van der Waals surface area contributed by atoms with Gasteiger partial charge in [0.1, 0.15) is 0 Å². The van der Waals surface area contributed by atoms with E-state index in [1.54, 1.807) is 18.9 Å². The third kappa shape index (κ3) is 6.68. The average Bonchev–Trinajstić information content (AvgIpc) is 3.39. The highest BCUT2D eigenvalue weighted by molar-refractivity contribution is 5.11. The molecule has 1 nitrogen and oxygen atoms in total. The van der Waals surface area contributed by atoms with E-state index < -0.39 is 0 Å². The van der Waals surface area contributed by atoms with Crippen molar-refractivity contribution in [3.63, 3.8) is 0 Å². The summed E-state index contributed by atoms with van der Waals surface area (Å²) in [6.45, 7) is 23.6. The molecule has 0 aromatic rings. The van der Waals surface area contributed by atoms with E-state index in [2.05, 4.69) is 20.4 Å². The van der Waals surface area contributed by atoms with E-state index in [-0.39, 0.29) is 14.9 Å². The smallest absolute Gasteiger partial charge is 0.0612 e. The van der Waals surface area contributed by atoms with Crippen molar-refractivity contribution in [1.82, 2.24) is 0 Å². The summed E-state index contributed by atoms with van der Waals surface area (Å²) in [7, 11) is 0. The number of ether oxygens (including phenoxy) is 1.